The molecule has 0 aliphatic heterocycles. The third kappa shape index (κ3) is 6.19. The molecule has 0 radical (unpaired) electrons. The van der Waals surface area contributed by atoms with Crippen molar-refractivity contribution in [2.75, 3.05) is 11.1 Å². The van der Waals surface area contributed by atoms with Gasteiger partial charge in [0, 0.05) is 17.8 Å². The first-order chi connectivity index (χ1) is 16.2. The van der Waals surface area contributed by atoms with Crippen LogP contribution in [0.4, 0.5) is 5.00 Å². The molecule has 2 aliphatic rings. The van der Waals surface area contributed by atoms with Crippen LogP contribution in [-0.4, -0.2) is 26.4 Å². The van der Waals surface area contributed by atoms with Crippen molar-refractivity contribution in [2.45, 2.75) is 102 Å². The van der Waals surface area contributed by atoms with Crippen LogP contribution in [0.5, 0.6) is 0 Å². The SMILES string of the molecule is CCn1c(CCC2CCCCC2)nnc1SCC(=O)Nc1sc2c(c1C#N)CCCCCC2. The minimum atomic E-state index is -0.0832. The van der Waals surface area contributed by atoms with Gasteiger partial charge in [0.15, 0.2) is 5.16 Å². The molecule has 0 bridgehead atoms. The average molecular weight is 486 g/mol. The molecule has 1 fully saturated rings. The standard InChI is InChI=1S/C25H35N5OS2/c1-2-30-22(15-14-18-10-6-5-7-11-18)28-29-25(30)32-17-23(31)27-24-20(16-26)19-12-8-3-4-9-13-21(19)33-24/h18H,2-15,17H2,1H3,(H,27,31). The monoisotopic (exact) mass is 485 g/mol. The van der Waals surface area contributed by atoms with Crippen LogP contribution < -0.4 is 5.32 Å². The topological polar surface area (TPSA) is 83.6 Å². The van der Waals surface area contributed by atoms with Crippen molar-refractivity contribution in [3.05, 3.63) is 21.8 Å². The number of thiophene rings is 1. The quantitative estimate of drug-likeness (QED) is 0.454. The van der Waals surface area contributed by atoms with Gasteiger partial charge in [0.05, 0.1) is 11.3 Å². The summed E-state index contributed by atoms with van der Waals surface area (Å²) in [6.07, 6.45) is 15.7. The molecule has 1 N–H and O–H groups in total. The molecule has 33 heavy (non-hydrogen) atoms. The normalized spacial score (nSPS) is 17.1. The molecule has 0 atom stereocenters. The molecule has 8 heteroatoms. The third-order valence-corrected chi connectivity index (χ3v) is 9.15. The number of aryl methyl sites for hydroxylation is 2. The van der Waals surface area contributed by atoms with Crippen molar-refractivity contribution in [3.8, 4) is 6.07 Å². The number of rotatable bonds is 8. The van der Waals surface area contributed by atoms with Gasteiger partial charge in [-0.05, 0) is 50.5 Å². The molecule has 2 heterocycles. The Hall–Kier alpha value is -1.85. The van der Waals surface area contributed by atoms with E-state index in [0.717, 1.165) is 60.5 Å². The van der Waals surface area contributed by atoms with Crippen molar-refractivity contribution in [1.29, 1.82) is 5.26 Å². The summed E-state index contributed by atoms with van der Waals surface area (Å²) in [5.41, 5.74) is 1.84. The van der Waals surface area contributed by atoms with Crippen LogP contribution in [0, 0.1) is 17.2 Å². The molecule has 0 unspecified atom stereocenters. The number of nitrogens with one attached hydrogen (secondary N) is 1. The van der Waals surface area contributed by atoms with E-state index in [1.54, 1.807) is 11.3 Å². The third-order valence-electron chi connectivity index (χ3n) is 6.98. The van der Waals surface area contributed by atoms with Crippen molar-refractivity contribution < 1.29 is 4.79 Å². The van der Waals surface area contributed by atoms with Gasteiger partial charge in [-0.15, -0.1) is 21.5 Å². The molecule has 4 rings (SSSR count). The number of carbonyl (C=O) groups is 1. The zero-order valence-electron chi connectivity index (χ0n) is 19.7. The molecular weight excluding hydrogens is 450 g/mol. The van der Waals surface area contributed by atoms with Crippen LogP contribution >= 0.6 is 23.1 Å². The fraction of sp³-hybridized carbons (Fsp3) is 0.680. The lowest BCUT2D eigenvalue weighted by Crippen LogP contribution is -2.15. The van der Waals surface area contributed by atoms with Gasteiger partial charge in [0.2, 0.25) is 5.91 Å². The number of aromatic nitrogens is 3. The van der Waals surface area contributed by atoms with Crippen molar-refractivity contribution in [3.63, 3.8) is 0 Å². The summed E-state index contributed by atoms with van der Waals surface area (Å²) in [7, 11) is 0. The molecule has 1 amide bonds. The Kier molecular flexibility index (Phi) is 8.85. The minimum Gasteiger partial charge on any atom is -0.316 e. The summed E-state index contributed by atoms with van der Waals surface area (Å²) in [5, 5.41) is 23.1. The second kappa shape index (κ2) is 12.0. The largest absolute Gasteiger partial charge is 0.316 e. The lowest BCUT2D eigenvalue weighted by molar-refractivity contribution is -0.113. The Morgan fingerprint density at radius 1 is 1.15 bits per heavy atom. The van der Waals surface area contributed by atoms with Crippen LogP contribution in [0.15, 0.2) is 5.16 Å². The highest BCUT2D eigenvalue weighted by atomic mass is 32.2. The van der Waals surface area contributed by atoms with Crippen LogP contribution in [-0.2, 0) is 30.6 Å². The second-order valence-corrected chi connectivity index (χ2v) is 11.3. The van der Waals surface area contributed by atoms with Gasteiger partial charge >= 0.3 is 0 Å². The molecule has 178 valence electrons. The van der Waals surface area contributed by atoms with Gasteiger partial charge < -0.3 is 9.88 Å². The molecule has 2 aromatic rings. The fourth-order valence-corrected chi connectivity index (χ4v) is 7.23. The number of nitriles is 1. The first-order valence-electron chi connectivity index (χ1n) is 12.6. The summed E-state index contributed by atoms with van der Waals surface area (Å²) < 4.78 is 2.15. The molecule has 6 nitrogen and oxygen atoms in total. The van der Waals surface area contributed by atoms with Gasteiger partial charge in [-0.25, -0.2) is 0 Å². The summed E-state index contributed by atoms with van der Waals surface area (Å²) >= 11 is 3.03. The predicted molar refractivity (Wildman–Crippen MR) is 135 cm³/mol. The number of carbonyl (C=O) groups excluding carboxylic acids is 1. The first-order valence-corrected chi connectivity index (χ1v) is 14.4. The maximum atomic E-state index is 12.7. The summed E-state index contributed by atoms with van der Waals surface area (Å²) in [6.45, 7) is 2.92. The van der Waals surface area contributed by atoms with E-state index < -0.39 is 0 Å². The van der Waals surface area contributed by atoms with E-state index in [0.29, 0.717) is 5.56 Å². The average Bonchev–Trinajstić information content (AvgIpc) is 3.36. The number of nitrogens with zero attached hydrogens (tertiary/aromatic N) is 4. The fourth-order valence-electron chi connectivity index (χ4n) is 5.16. The van der Waals surface area contributed by atoms with E-state index in [2.05, 4.69) is 33.1 Å². The molecular formula is C25H35N5OS2. The van der Waals surface area contributed by atoms with Gasteiger partial charge in [0.1, 0.15) is 16.9 Å². The Morgan fingerprint density at radius 2 is 1.91 bits per heavy atom. The number of amides is 1. The molecule has 1 saturated carbocycles. The Morgan fingerprint density at radius 3 is 2.67 bits per heavy atom. The molecule has 0 aromatic carbocycles. The molecule has 2 aliphatic carbocycles. The van der Waals surface area contributed by atoms with Crippen molar-refractivity contribution >= 4 is 34.0 Å². The van der Waals surface area contributed by atoms with E-state index in [4.69, 9.17) is 0 Å². The van der Waals surface area contributed by atoms with Crippen LogP contribution in [0.2, 0.25) is 0 Å². The number of hydrogen-bond acceptors (Lipinski definition) is 6. The predicted octanol–water partition coefficient (Wildman–Crippen LogP) is 6.13. The van der Waals surface area contributed by atoms with E-state index in [9.17, 15) is 10.1 Å². The van der Waals surface area contributed by atoms with E-state index in [1.807, 2.05) is 0 Å². The van der Waals surface area contributed by atoms with Crippen LogP contribution in [0.1, 0.15) is 93.0 Å². The van der Waals surface area contributed by atoms with Gasteiger partial charge in [-0.2, -0.15) is 5.26 Å². The number of thioether (sulfide) groups is 1. The van der Waals surface area contributed by atoms with Gasteiger partial charge in [0.25, 0.3) is 0 Å². The minimum absolute atomic E-state index is 0.0832. The smallest absolute Gasteiger partial charge is 0.235 e. The summed E-state index contributed by atoms with van der Waals surface area (Å²) in [5.74, 6) is 2.05. The highest BCUT2D eigenvalue weighted by Crippen LogP contribution is 2.36. The maximum Gasteiger partial charge on any atom is 0.235 e. The van der Waals surface area contributed by atoms with E-state index in [1.165, 1.54) is 73.6 Å². The van der Waals surface area contributed by atoms with Crippen LogP contribution in [0.25, 0.3) is 0 Å². The Balaban J connectivity index is 1.35. The number of fused-ring (bicyclic) bond motifs is 1. The zero-order chi connectivity index (χ0) is 23.0. The van der Waals surface area contributed by atoms with E-state index in [-0.39, 0.29) is 11.7 Å². The van der Waals surface area contributed by atoms with Crippen LogP contribution in [0.3, 0.4) is 0 Å². The van der Waals surface area contributed by atoms with Crippen molar-refractivity contribution in [2.24, 2.45) is 5.92 Å². The second-order valence-electron chi connectivity index (χ2n) is 9.26. The lowest BCUT2D eigenvalue weighted by Gasteiger charge is -2.21. The van der Waals surface area contributed by atoms with Gasteiger partial charge in [-0.1, -0.05) is 56.7 Å². The van der Waals surface area contributed by atoms with Gasteiger partial charge in [-0.3, -0.25) is 4.79 Å². The highest BCUT2D eigenvalue weighted by Gasteiger charge is 2.21. The summed E-state index contributed by atoms with van der Waals surface area (Å²) in [4.78, 5) is 14.0. The van der Waals surface area contributed by atoms with Crippen molar-refractivity contribution in [1.82, 2.24) is 14.8 Å². The van der Waals surface area contributed by atoms with E-state index >= 15 is 0 Å². The maximum absolute atomic E-state index is 12.7. The first kappa shape index (κ1) is 24.3. The highest BCUT2D eigenvalue weighted by molar-refractivity contribution is 7.99. The number of anilines is 1. The molecule has 0 saturated heterocycles. The molecule has 0 spiro atoms. The Labute approximate surface area is 205 Å². The molecule has 2 aromatic heterocycles. The lowest BCUT2D eigenvalue weighted by atomic mass is 9.86. The number of hydrogen-bond donors (Lipinski definition) is 1. The zero-order valence-corrected chi connectivity index (χ0v) is 21.3. The summed E-state index contributed by atoms with van der Waals surface area (Å²) in [6, 6.07) is 2.36. The Bertz CT molecular complexity index is 984.